The zero-order valence-electron chi connectivity index (χ0n) is 13.0. The zero-order valence-corrected chi connectivity index (χ0v) is 14.6. The Kier molecular flexibility index (Phi) is 5.14. The van der Waals surface area contributed by atoms with Gasteiger partial charge in [-0.3, -0.25) is 4.98 Å². The Morgan fingerprint density at radius 2 is 2.04 bits per heavy atom. The molecule has 0 fully saturated rings. The first-order chi connectivity index (χ1) is 11.7. The average molecular weight is 352 g/mol. The Bertz CT molecular complexity index is 904. The highest BCUT2D eigenvalue weighted by Crippen LogP contribution is 2.33. The molecule has 3 nitrogen and oxygen atoms in total. The summed E-state index contributed by atoms with van der Waals surface area (Å²) in [4.78, 5) is 8.70. The predicted molar refractivity (Wildman–Crippen MR) is 97.9 cm³/mol. The molecule has 2 heterocycles. The van der Waals surface area contributed by atoms with E-state index in [1.54, 1.807) is 12.4 Å². The molecule has 0 spiro atoms. The number of nitriles is 1. The number of pyridine rings is 2. The molecule has 5 heteroatoms. The quantitative estimate of drug-likeness (QED) is 0.601. The van der Waals surface area contributed by atoms with Crippen LogP contribution < -0.4 is 0 Å². The Morgan fingerprint density at radius 3 is 2.75 bits per heavy atom. The van der Waals surface area contributed by atoms with Crippen LogP contribution in [0.3, 0.4) is 0 Å². The number of halogens is 1. The highest BCUT2D eigenvalue weighted by molar-refractivity contribution is 7.98. The van der Waals surface area contributed by atoms with Gasteiger partial charge >= 0.3 is 0 Å². The second kappa shape index (κ2) is 7.48. The summed E-state index contributed by atoms with van der Waals surface area (Å²) in [6, 6.07) is 15.8. The lowest BCUT2D eigenvalue weighted by Crippen LogP contribution is -1.96. The molecule has 0 unspecified atom stereocenters. The molecule has 0 bridgehead atoms. The van der Waals surface area contributed by atoms with Crippen LogP contribution in [0, 0.1) is 18.3 Å². The lowest BCUT2D eigenvalue weighted by atomic mass is 10.0. The highest BCUT2D eigenvalue weighted by Gasteiger charge is 2.14. The first-order valence-corrected chi connectivity index (χ1v) is 8.73. The molecule has 24 heavy (non-hydrogen) atoms. The lowest BCUT2D eigenvalue weighted by Gasteiger charge is -2.11. The summed E-state index contributed by atoms with van der Waals surface area (Å²) in [6.07, 6.45) is 3.48. The topological polar surface area (TPSA) is 49.6 Å². The van der Waals surface area contributed by atoms with Crippen LogP contribution >= 0.6 is 23.4 Å². The molecule has 0 aliphatic rings. The van der Waals surface area contributed by atoms with E-state index in [-0.39, 0.29) is 0 Å². The van der Waals surface area contributed by atoms with Crippen molar-refractivity contribution in [3.63, 3.8) is 0 Å². The van der Waals surface area contributed by atoms with Crippen LogP contribution in [0.15, 0.2) is 59.9 Å². The summed E-state index contributed by atoms with van der Waals surface area (Å²) in [7, 11) is 0. The van der Waals surface area contributed by atoms with Crippen molar-refractivity contribution in [2.45, 2.75) is 17.7 Å². The van der Waals surface area contributed by atoms with Crippen LogP contribution in [-0.4, -0.2) is 9.97 Å². The smallest absolute Gasteiger partial charge is 0.115 e. The molecule has 3 aromatic rings. The monoisotopic (exact) mass is 351 g/mol. The number of benzene rings is 1. The van der Waals surface area contributed by atoms with E-state index in [1.807, 2.05) is 49.4 Å². The van der Waals surface area contributed by atoms with Crippen molar-refractivity contribution >= 4 is 23.4 Å². The van der Waals surface area contributed by atoms with Gasteiger partial charge in [0.25, 0.3) is 0 Å². The second-order valence-electron chi connectivity index (χ2n) is 5.22. The SMILES string of the molecule is Cc1cc(-c2cccnc2)c(C#N)c(SCc2ccccc2Cl)n1. The summed E-state index contributed by atoms with van der Waals surface area (Å²) < 4.78 is 0. The molecule has 1 aromatic carbocycles. The number of rotatable bonds is 4. The van der Waals surface area contributed by atoms with E-state index < -0.39 is 0 Å². The van der Waals surface area contributed by atoms with E-state index in [2.05, 4.69) is 16.0 Å². The van der Waals surface area contributed by atoms with Gasteiger partial charge in [-0.05, 0) is 30.7 Å². The Morgan fingerprint density at radius 1 is 1.21 bits per heavy atom. The van der Waals surface area contributed by atoms with Crippen molar-refractivity contribution in [1.82, 2.24) is 9.97 Å². The maximum atomic E-state index is 9.65. The second-order valence-corrected chi connectivity index (χ2v) is 6.60. The molecule has 0 saturated heterocycles. The van der Waals surface area contributed by atoms with E-state index >= 15 is 0 Å². The van der Waals surface area contributed by atoms with Gasteiger partial charge in [0.15, 0.2) is 0 Å². The molecule has 118 valence electrons. The van der Waals surface area contributed by atoms with Gasteiger partial charge in [0.05, 0.1) is 5.56 Å². The maximum Gasteiger partial charge on any atom is 0.115 e. The number of aromatic nitrogens is 2. The van der Waals surface area contributed by atoms with E-state index in [1.165, 1.54) is 11.8 Å². The van der Waals surface area contributed by atoms with Crippen molar-refractivity contribution in [3.05, 3.63) is 76.7 Å². The number of hydrogen-bond acceptors (Lipinski definition) is 4. The van der Waals surface area contributed by atoms with Crippen molar-refractivity contribution < 1.29 is 0 Å². The number of thioether (sulfide) groups is 1. The van der Waals surface area contributed by atoms with Crippen LogP contribution in [0.2, 0.25) is 5.02 Å². The van der Waals surface area contributed by atoms with Crippen LogP contribution in [0.5, 0.6) is 0 Å². The molecular formula is C19H14ClN3S. The van der Waals surface area contributed by atoms with Crippen LogP contribution in [0.1, 0.15) is 16.8 Å². The number of aryl methyl sites for hydroxylation is 1. The minimum Gasteiger partial charge on any atom is -0.264 e. The molecule has 0 aliphatic heterocycles. The standard InChI is InChI=1S/C19H14ClN3S/c1-13-9-16(14-6-4-8-22-11-14)17(10-21)19(23-13)24-12-15-5-2-3-7-18(15)20/h2-9,11H,12H2,1H3. The summed E-state index contributed by atoms with van der Waals surface area (Å²) in [5.74, 6) is 0.664. The third-order valence-corrected chi connectivity index (χ3v) is 4.91. The van der Waals surface area contributed by atoms with Gasteiger partial charge in [-0.15, -0.1) is 11.8 Å². The van der Waals surface area contributed by atoms with E-state index in [9.17, 15) is 5.26 Å². The molecule has 0 amide bonds. The third kappa shape index (κ3) is 3.59. The van der Waals surface area contributed by atoms with Gasteiger partial charge in [0, 0.05) is 40.0 Å². The fraction of sp³-hybridized carbons (Fsp3) is 0.105. The normalized spacial score (nSPS) is 10.4. The molecular weight excluding hydrogens is 338 g/mol. The summed E-state index contributed by atoms with van der Waals surface area (Å²) in [6.45, 7) is 1.93. The first-order valence-electron chi connectivity index (χ1n) is 7.37. The highest BCUT2D eigenvalue weighted by atomic mass is 35.5. The molecule has 0 saturated carbocycles. The van der Waals surface area contributed by atoms with Gasteiger partial charge in [-0.1, -0.05) is 35.9 Å². The van der Waals surface area contributed by atoms with Gasteiger partial charge in [0.1, 0.15) is 11.1 Å². The first kappa shape index (κ1) is 16.5. The van der Waals surface area contributed by atoms with Gasteiger partial charge in [-0.25, -0.2) is 4.98 Å². The molecule has 0 aliphatic carbocycles. The minimum atomic E-state index is 0.575. The van der Waals surface area contributed by atoms with Crippen molar-refractivity contribution in [3.8, 4) is 17.2 Å². The summed E-state index contributed by atoms with van der Waals surface area (Å²) in [5.41, 5.74) is 4.25. The zero-order chi connectivity index (χ0) is 16.9. The summed E-state index contributed by atoms with van der Waals surface area (Å²) >= 11 is 7.74. The lowest BCUT2D eigenvalue weighted by molar-refractivity contribution is 1.05. The Balaban J connectivity index is 1.98. The fourth-order valence-electron chi connectivity index (χ4n) is 2.37. The number of hydrogen-bond donors (Lipinski definition) is 0. The molecule has 0 atom stereocenters. The van der Waals surface area contributed by atoms with Crippen LogP contribution in [-0.2, 0) is 5.75 Å². The molecule has 2 aromatic heterocycles. The summed E-state index contributed by atoms with van der Waals surface area (Å²) in [5, 5.41) is 11.1. The van der Waals surface area contributed by atoms with E-state index in [4.69, 9.17) is 11.6 Å². The van der Waals surface area contributed by atoms with Crippen molar-refractivity contribution in [2.24, 2.45) is 0 Å². The fourth-order valence-corrected chi connectivity index (χ4v) is 3.70. The molecule has 0 radical (unpaired) electrons. The number of nitrogens with zero attached hydrogens (tertiary/aromatic N) is 3. The van der Waals surface area contributed by atoms with E-state index in [0.29, 0.717) is 11.3 Å². The average Bonchev–Trinajstić information content (AvgIpc) is 2.61. The van der Waals surface area contributed by atoms with Gasteiger partial charge < -0.3 is 0 Å². The third-order valence-electron chi connectivity index (χ3n) is 3.52. The molecule has 0 N–H and O–H groups in total. The molecule has 3 rings (SSSR count). The van der Waals surface area contributed by atoms with Crippen LogP contribution in [0.4, 0.5) is 0 Å². The van der Waals surface area contributed by atoms with E-state index in [0.717, 1.165) is 32.4 Å². The van der Waals surface area contributed by atoms with Crippen LogP contribution in [0.25, 0.3) is 11.1 Å². The van der Waals surface area contributed by atoms with Gasteiger partial charge in [0.2, 0.25) is 0 Å². The largest absolute Gasteiger partial charge is 0.264 e. The van der Waals surface area contributed by atoms with Crippen molar-refractivity contribution in [1.29, 1.82) is 5.26 Å². The Labute approximate surface area is 150 Å². The minimum absolute atomic E-state index is 0.575. The van der Waals surface area contributed by atoms with Crippen molar-refractivity contribution in [2.75, 3.05) is 0 Å². The van der Waals surface area contributed by atoms with Gasteiger partial charge in [-0.2, -0.15) is 5.26 Å². The Hall–Kier alpha value is -2.35. The maximum absolute atomic E-state index is 9.65. The predicted octanol–water partition coefficient (Wildman–Crippen LogP) is 5.27.